The van der Waals surface area contributed by atoms with Crippen LogP contribution in [-0.4, -0.2) is 26.8 Å². The number of nitro benzene ring substituents is 2. The molecule has 3 unspecified atom stereocenters. The predicted molar refractivity (Wildman–Crippen MR) is 161 cm³/mol. The van der Waals surface area contributed by atoms with E-state index in [1.807, 2.05) is 6.08 Å². The van der Waals surface area contributed by atoms with Gasteiger partial charge in [0, 0.05) is 23.6 Å². The molecule has 1 aromatic carbocycles. The van der Waals surface area contributed by atoms with Crippen LogP contribution >= 0.6 is 0 Å². The lowest BCUT2D eigenvalue weighted by molar-refractivity contribution is -0.393. The Morgan fingerprint density at radius 1 is 1.10 bits per heavy atom. The summed E-state index contributed by atoms with van der Waals surface area (Å²) in [6.45, 7) is 9.36. The van der Waals surface area contributed by atoms with Gasteiger partial charge < -0.3 is 5.11 Å². The second-order valence-electron chi connectivity index (χ2n) is 14.1. The Morgan fingerprint density at radius 2 is 1.88 bits per heavy atom. The first-order valence-corrected chi connectivity index (χ1v) is 15.5. The molecule has 3 saturated carbocycles. The van der Waals surface area contributed by atoms with E-state index in [1.54, 1.807) is 6.21 Å². The molecular weight excluding hydrogens is 520 g/mol. The number of allylic oxidation sites excluding steroid dienone is 1. The monoisotopic (exact) mass is 566 g/mol. The van der Waals surface area contributed by atoms with Gasteiger partial charge in [-0.2, -0.15) is 5.10 Å². The van der Waals surface area contributed by atoms with Crippen LogP contribution < -0.4 is 5.43 Å². The van der Waals surface area contributed by atoms with E-state index >= 15 is 0 Å². The number of nitro groups is 2. The third-order valence-corrected chi connectivity index (χ3v) is 11.8. The van der Waals surface area contributed by atoms with Crippen molar-refractivity contribution in [1.82, 2.24) is 0 Å². The molecule has 0 aromatic heterocycles. The minimum Gasteiger partial charge on any atom is -0.385 e. The van der Waals surface area contributed by atoms with Gasteiger partial charge >= 0.3 is 5.69 Å². The Labute approximate surface area is 243 Å². The highest BCUT2D eigenvalue weighted by Crippen LogP contribution is 2.71. The molecule has 3 fully saturated rings. The number of unbranched alkanes of at least 4 members (excludes halogenated alkanes) is 1. The summed E-state index contributed by atoms with van der Waals surface area (Å²) in [5.41, 5.74) is 1.11. The molecule has 9 heteroatoms. The molecule has 0 bridgehead atoms. The van der Waals surface area contributed by atoms with Crippen molar-refractivity contribution in [1.29, 1.82) is 0 Å². The lowest BCUT2D eigenvalue weighted by atomic mass is 9.54. The van der Waals surface area contributed by atoms with E-state index in [0.717, 1.165) is 31.2 Å². The van der Waals surface area contributed by atoms with E-state index in [9.17, 15) is 25.3 Å². The molecule has 8 atom stereocenters. The number of hydrazone groups is 1. The molecule has 0 spiro atoms. The molecule has 4 aliphatic carbocycles. The van der Waals surface area contributed by atoms with Crippen molar-refractivity contribution in [3.8, 4) is 0 Å². The van der Waals surface area contributed by atoms with Crippen molar-refractivity contribution in [2.24, 2.45) is 51.4 Å². The molecule has 41 heavy (non-hydrogen) atoms. The van der Waals surface area contributed by atoms with Crippen molar-refractivity contribution in [2.75, 3.05) is 5.43 Å². The molecule has 9 nitrogen and oxygen atoms in total. The summed E-state index contributed by atoms with van der Waals surface area (Å²) in [6, 6.07) is 3.50. The second-order valence-corrected chi connectivity index (χ2v) is 14.1. The van der Waals surface area contributed by atoms with E-state index in [-0.39, 0.29) is 34.0 Å². The van der Waals surface area contributed by atoms with E-state index < -0.39 is 21.1 Å². The van der Waals surface area contributed by atoms with Gasteiger partial charge in [0.25, 0.3) is 5.69 Å². The Hall–Kier alpha value is -2.81. The first-order chi connectivity index (χ1) is 19.4. The normalized spacial score (nSPS) is 37.7. The van der Waals surface area contributed by atoms with Gasteiger partial charge in [-0.1, -0.05) is 59.1 Å². The van der Waals surface area contributed by atoms with Crippen molar-refractivity contribution in [2.45, 2.75) is 97.5 Å². The SMILES string of the molecule is CC(C)CCCC[C@H]1CCC2C3C(CC[C@@]21C)[C@@]1(C)CCC=C[C@@]1(O)[C@@H]3/C=N/Nc1ccc([N+](=O)[O-])cc1[N+](=O)[O-]. The van der Waals surface area contributed by atoms with Crippen LogP contribution in [0.2, 0.25) is 0 Å². The van der Waals surface area contributed by atoms with Crippen LogP contribution in [0.4, 0.5) is 17.1 Å². The van der Waals surface area contributed by atoms with Gasteiger partial charge in [-0.05, 0) is 86.0 Å². The van der Waals surface area contributed by atoms with Crippen molar-refractivity contribution < 1.29 is 15.0 Å². The first kappa shape index (κ1) is 29.7. The maximum atomic E-state index is 12.4. The predicted octanol–water partition coefficient (Wildman–Crippen LogP) is 7.89. The number of hydrogen-bond acceptors (Lipinski definition) is 7. The molecule has 0 amide bonds. The number of rotatable bonds is 10. The summed E-state index contributed by atoms with van der Waals surface area (Å²) in [5, 5.41) is 39.7. The maximum absolute atomic E-state index is 12.4. The summed E-state index contributed by atoms with van der Waals surface area (Å²) in [7, 11) is 0. The second kappa shape index (κ2) is 11.1. The summed E-state index contributed by atoms with van der Waals surface area (Å²) in [5.74, 6) is 2.41. The highest BCUT2D eigenvalue weighted by atomic mass is 16.6. The van der Waals surface area contributed by atoms with Crippen LogP contribution in [0.15, 0.2) is 35.5 Å². The average Bonchev–Trinajstić information content (AvgIpc) is 3.35. The number of benzene rings is 1. The van der Waals surface area contributed by atoms with Crippen LogP contribution in [-0.2, 0) is 0 Å². The number of hydrogen-bond donors (Lipinski definition) is 2. The number of anilines is 1. The average molecular weight is 567 g/mol. The van der Waals surface area contributed by atoms with Crippen LogP contribution in [0, 0.1) is 66.6 Å². The number of fused-ring (bicyclic) bond motifs is 5. The van der Waals surface area contributed by atoms with Crippen molar-refractivity contribution in [3.63, 3.8) is 0 Å². The summed E-state index contributed by atoms with van der Waals surface area (Å²) < 4.78 is 0. The Morgan fingerprint density at radius 3 is 2.59 bits per heavy atom. The maximum Gasteiger partial charge on any atom is 0.301 e. The van der Waals surface area contributed by atoms with Gasteiger partial charge in [0.1, 0.15) is 5.69 Å². The van der Waals surface area contributed by atoms with Gasteiger partial charge in [-0.15, -0.1) is 0 Å². The summed E-state index contributed by atoms with van der Waals surface area (Å²) in [6.07, 6.45) is 17.7. The zero-order chi connectivity index (χ0) is 29.6. The standard InChI is InChI=1S/C32H46N4O5/c1-21(2)9-5-6-10-22-11-13-24-29-25(15-18-30(22,24)3)31(4)16-7-8-17-32(31,37)26(29)20-33-34-27-14-12-23(35(38)39)19-28(27)36(40)41/h8,12,14,17,19-22,24-26,29,34,37H,5-7,9-11,13,15-16,18H2,1-4H3/b33-20+/t22-,24?,25?,26+,29?,30+,31+,32+/m0/s1. The summed E-state index contributed by atoms with van der Waals surface area (Å²) >= 11 is 0. The third-order valence-electron chi connectivity index (χ3n) is 11.8. The van der Waals surface area contributed by atoms with Gasteiger partial charge in [0.05, 0.1) is 21.5 Å². The largest absolute Gasteiger partial charge is 0.385 e. The first-order valence-electron chi connectivity index (χ1n) is 15.5. The van der Waals surface area contributed by atoms with Gasteiger partial charge in [-0.25, -0.2) is 0 Å². The zero-order valence-corrected chi connectivity index (χ0v) is 24.9. The Kier molecular flexibility index (Phi) is 8.05. The van der Waals surface area contributed by atoms with Crippen molar-refractivity contribution in [3.05, 3.63) is 50.6 Å². The molecular formula is C32H46N4O5. The van der Waals surface area contributed by atoms with Gasteiger partial charge in [0.2, 0.25) is 0 Å². The van der Waals surface area contributed by atoms with Crippen LogP contribution in [0.5, 0.6) is 0 Å². The molecule has 4 aliphatic rings. The van der Waals surface area contributed by atoms with Crippen LogP contribution in [0.25, 0.3) is 0 Å². The fourth-order valence-electron chi connectivity index (χ4n) is 9.55. The minimum atomic E-state index is -1.03. The highest BCUT2D eigenvalue weighted by molar-refractivity contribution is 5.70. The van der Waals surface area contributed by atoms with E-state index in [2.05, 4.69) is 44.3 Å². The molecule has 2 N–H and O–H groups in total. The molecule has 0 saturated heterocycles. The fraction of sp³-hybridized carbons (Fsp3) is 0.719. The van der Waals surface area contributed by atoms with Gasteiger partial charge in [0.15, 0.2) is 0 Å². The van der Waals surface area contributed by atoms with E-state index in [4.69, 9.17) is 0 Å². The molecule has 0 heterocycles. The Bertz CT molecular complexity index is 1230. The number of aliphatic hydroxyl groups is 1. The van der Waals surface area contributed by atoms with Crippen molar-refractivity contribution >= 4 is 23.3 Å². The summed E-state index contributed by atoms with van der Waals surface area (Å²) in [4.78, 5) is 21.5. The molecule has 1 aromatic rings. The zero-order valence-electron chi connectivity index (χ0n) is 24.9. The number of nitrogens with one attached hydrogen (secondary N) is 1. The third kappa shape index (κ3) is 4.98. The lowest BCUT2D eigenvalue weighted by Gasteiger charge is -2.50. The topological polar surface area (TPSA) is 131 Å². The highest BCUT2D eigenvalue weighted by Gasteiger charge is 2.70. The molecule has 0 radical (unpaired) electrons. The fourth-order valence-corrected chi connectivity index (χ4v) is 9.55. The lowest BCUT2D eigenvalue weighted by Crippen LogP contribution is -2.49. The molecule has 224 valence electrons. The molecule has 5 rings (SSSR count). The number of non-ortho nitro benzene ring substituents is 1. The van der Waals surface area contributed by atoms with Crippen LogP contribution in [0.1, 0.15) is 91.9 Å². The molecule has 0 aliphatic heterocycles. The van der Waals surface area contributed by atoms with E-state index in [1.165, 1.54) is 57.1 Å². The number of nitrogens with zero attached hydrogens (tertiary/aromatic N) is 3. The van der Waals surface area contributed by atoms with E-state index in [0.29, 0.717) is 17.8 Å². The smallest absolute Gasteiger partial charge is 0.301 e. The minimum absolute atomic E-state index is 0.0937. The Balaban J connectivity index is 1.43. The van der Waals surface area contributed by atoms with Crippen LogP contribution in [0.3, 0.4) is 0 Å². The van der Waals surface area contributed by atoms with Gasteiger partial charge in [-0.3, -0.25) is 25.7 Å². The quantitative estimate of drug-likeness (QED) is 0.0973.